The smallest absolute Gasteiger partial charge is 0.480 e. The first-order valence-electron chi connectivity index (χ1n) is 3.04. The van der Waals surface area contributed by atoms with Crippen LogP contribution in [0.4, 0.5) is 13.2 Å². The van der Waals surface area contributed by atoms with Crippen LogP contribution in [0.3, 0.4) is 0 Å². The second kappa shape index (κ2) is 5.97. The highest BCUT2D eigenvalue weighted by molar-refractivity contribution is 5.75. The largest absolute Gasteiger partial charge is 0.490 e. The molecule has 0 heterocycles. The van der Waals surface area contributed by atoms with E-state index in [0.717, 1.165) is 0 Å². The summed E-state index contributed by atoms with van der Waals surface area (Å²) in [6.45, 7) is 3.18. The summed E-state index contributed by atoms with van der Waals surface area (Å²) in [4.78, 5) is 18.6. The van der Waals surface area contributed by atoms with Gasteiger partial charge < -0.3 is 15.9 Å². The van der Waals surface area contributed by atoms with Gasteiger partial charge in [-0.25, -0.2) is 4.79 Å². The third-order valence-electron chi connectivity index (χ3n) is 0.782. The zero-order chi connectivity index (χ0) is 11.9. The zero-order valence-corrected chi connectivity index (χ0v) is 6.78. The lowest BCUT2D eigenvalue weighted by Crippen LogP contribution is -2.26. The van der Waals surface area contributed by atoms with Crippen LogP contribution in [0.25, 0.3) is 0 Å². The van der Waals surface area contributed by atoms with Gasteiger partial charge in [0, 0.05) is 0 Å². The molecule has 0 rings (SSSR count). The van der Waals surface area contributed by atoms with Crippen molar-refractivity contribution >= 4 is 11.9 Å². The lowest BCUT2D eigenvalue weighted by atomic mass is 10.3. The Kier molecular flexibility index (Phi) is 6.37. The predicted molar refractivity (Wildman–Crippen MR) is 39.5 cm³/mol. The van der Waals surface area contributed by atoms with Crippen molar-refractivity contribution in [3.05, 3.63) is 12.7 Å². The van der Waals surface area contributed by atoms with Gasteiger partial charge in [0.05, 0.1) is 0 Å². The van der Waals surface area contributed by atoms with Crippen molar-refractivity contribution in [1.82, 2.24) is 0 Å². The Morgan fingerprint density at radius 1 is 1.36 bits per heavy atom. The van der Waals surface area contributed by atoms with Crippen molar-refractivity contribution < 1.29 is 33.0 Å². The van der Waals surface area contributed by atoms with Gasteiger partial charge in [0.25, 0.3) is 0 Å². The van der Waals surface area contributed by atoms with E-state index in [9.17, 15) is 18.0 Å². The summed E-state index contributed by atoms with van der Waals surface area (Å²) < 4.78 is 31.7. The molecule has 0 aliphatic heterocycles. The van der Waals surface area contributed by atoms with Crippen molar-refractivity contribution in [1.29, 1.82) is 0 Å². The van der Waals surface area contributed by atoms with Crippen LogP contribution in [0.1, 0.15) is 0 Å². The fourth-order valence-electron chi connectivity index (χ4n) is 0.101. The van der Waals surface area contributed by atoms with Gasteiger partial charge in [-0.3, -0.25) is 4.79 Å². The molecule has 0 spiro atoms. The third kappa shape index (κ3) is 8.53. The first-order chi connectivity index (χ1) is 6.12. The molecule has 0 aromatic heterocycles. The first-order valence-corrected chi connectivity index (χ1v) is 3.04. The Labute approximate surface area is 76.6 Å². The molecule has 0 saturated carbocycles. The molecule has 0 aliphatic carbocycles. The van der Waals surface area contributed by atoms with Gasteiger partial charge in [-0.2, -0.15) is 13.2 Å². The predicted octanol–water partition coefficient (Wildman–Crippen LogP) is 0.218. The van der Waals surface area contributed by atoms with Crippen LogP contribution < -0.4 is 5.73 Å². The summed E-state index contributed by atoms with van der Waals surface area (Å²) in [6, 6.07) is -0.917. The number of hydrogen-bond acceptors (Lipinski definition) is 3. The number of alkyl halides is 3. The second-order valence-corrected chi connectivity index (χ2v) is 1.90. The summed E-state index contributed by atoms with van der Waals surface area (Å²) in [5.74, 6) is -3.80. The molecule has 5 nitrogen and oxygen atoms in total. The van der Waals surface area contributed by atoms with E-state index in [1.165, 1.54) is 6.08 Å². The van der Waals surface area contributed by atoms with E-state index in [4.69, 9.17) is 20.7 Å². The van der Waals surface area contributed by atoms with E-state index in [-0.39, 0.29) is 0 Å². The summed E-state index contributed by atoms with van der Waals surface area (Å²) in [5.41, 5.74) is 4.90. The van der Waals surface area contributed by atoms with E-state index < -0.39 is 24.2 Å². The minimum absolute atomic E-state index is 0.917. The molecule has 0 aromatic rings. The van der Waals surface area contributed by atoms with Crippen LogP contribution in [0.2, 0.25) is 0 Å². The molecule has 0 fully saturated rings. The molecule has 0 saturated heterocycles. The quantitative estimate of drug-likeness (QED) is 0.572. The number of carboxylic acids is 2. The number of aliphatic carboxylic acids is 2. The van der Waals surface area contributed by atoms with Crippen LogP contribution in [0.15, 0.2) is 12.7 Å². The molecule has 1 unspecified atom stereocenters. The lowest BCUT2D eigenvalue weighted by molar-refractivity contribution is -0.192. The van der Waals surface area contributed by atoms with E-state index in [1.807, 2.05) is 0 Å². The number of carbonyl (C=O) groups is 2. The van der Waals surface area contributed by atoms with Crippen molar-refractivity contribution in [3.63, 3.8) is 0 Å². The van der Waals surface area contributed by atoms with Crippen LogP contribution in [0.5, 0.6) is 0 Å². The fourth-order valence-corrected chi connectivity index (χ4v) is 0.101. The topological polar surface area (TPSA) is 101 Å². The Morgan fingerprint density at radius 3 is 1.64 bits per heavy atom. The molecule has 82 valence electrons. The summed E-state index contributed by atoms with van der Waals surface area (Å²) in [5, 5.41) is 15.1. The molecule has 0 radical (unpaired) electrons. The van der Waals surface area contributed by atoms with Crippen LogP contribution in [0, 0.1) is 0 Å². The van der Waals surface area contributed by atoms with Gasteiger partial charge in [0.1, 0.15) is 6.04 Å². The minimum atomic E-state index is -5.08. The number of hydrogen-bond donors (Lipinski definition) is 3. The number of rotatable bonds is 2. The highest BCUT2D eigenvalue weighted by Gasteiger charge is 2.38. The molecule has 4 N–H and O–H groups in total. The van der Waals surface area contributed by atoms with E-state index in [2.05, 4.69) is 6.58 Å². The maximum absolute atomic E-state index is 10.6. The molecule has 0 aliphatic rings. The number of carboxylic acid groups (broad SMARTS) is 2. The Bertz CT molecular complexity index is 226. The molecule has 0 aromatic carbocycles. The highest BCUT2D eigenvalue weighted by Crippen LogP contribution is 2.13. The second-order valence-electron chi connectivity index (χ2n) is 1.90. The number of nitrogens with two attached hydrogens (primary N) is 1. The average Bonchev–Trinajstić information content (AvgIpc) is 2.02. The van der Waals surface area contributed by atoms with Gasteiger partial charge in [0.2, 0.25) is 0 Å². The maximum Gasteiger partial charge on any atom is 0.490 e. The van der Waals surface area contributed by atoms with Crippen molar-refractivity contribution in [2.45, 2.75) is 12.2 Å². The Hall–Kier alpha value is -1.57. The van der Waals surface area contributed by atoms with Gasteiger partial charge in [0.15, 0.2) is 0 Å². The standard InChI is InChI=1S/C4H7NO2.C2HF3O2/c1-2-3(5)4(6)7;3-2(4,5)1(6)7/h2-3H,1,5H2,(H,6,7);(H,6,7). The average molecular weight is 215 g/mol. The molecule has 14 heavy (non-hydrogen) atoms. The normalized spacial score (nSPS) is 12.0. The molecule has 0 amide bonds. The molecular formula is C6H8F3NO4. The monoisotopic (exact) mass is 215 g/mol. The zero-order valence-electron chi connectivity index (χ0n) is 6.78. The molecule has 0 bridgehead atoms. The van der Waals surface area contributed by atoms with Gasteiger partial charge in [-0.05, 0) is 0 Å². The third-order valence-corrected chi connectivity index (χ3v) is 0.782. The molecule has 8 heteroatoms. The van der Waals surface area contributed by atoms with Crippen molar-refractivity contribution in [3.8, 4) is 0 Å². The molecule has 1 atom stereocenters. The van der Waals surface area contributed by atoms with Gasteiger partial charge in [-0.1, -0.05) is 6.08 Å². The first kappa shape index (κ1) is 14.9. The summed E-state index contributed by atoms with van der Waals surface area (Å²) in [7, 11) is 0. The van der Waals surface area contributed by atoms with E-state index in [0.29, 0.717) is 0 Å². The van der Waals surface area contributed by atoms with Crippen molar-refractivity contribution in [2.75, 3.05) is 0 Å². The van der Waals surface area contributed by atoms with E-state index in [1.54, 1.807) is 0 Å². The van der Waals surface area contributed by atoms with Gasteiger partial charge in [-0.15, -0.1) is 6.58 Å². The molecular weight excluding hydrogens is 207 g/mol. The number of halogens is 3. The summed E-state index contributed by atoms with van der Waals surface area (Å²) in [6.07, 6.45) is -3.91. The SMILES string of the molecule is C=CC(N)C(=O)O.O=C(O)C(F)(F)F. The highest BCUT2D eigenvalue weighted by atomic mass is 19.4. The lowest BCUT2D eigenvalue weighted by Gasteiger charge is -1.93. The van der Waals surface area contributed by atoms with Crippen molar-refractivity contribution in [2.24, 2.45) is 5.73 Å². The van der Waals surface area contributed by atoms with Crippen LogP contribution in [-0.4, -0.2) is 34.4 Å². The van der Waals surface area contributed by atoms with Crippen LogP contribution in [-0.2, 0) is 9.59 Å². The maximum atomic E-state index is 10.6. The Balaban J connectivity index is 0. The Morgan fingerprint density at radius 2 is 1.64 bits per heavy atom. The van der Waals surface area contributed by atoms with Crippen LogP contribution >= 0.6 is 0 Å². The van der Waals surface area contributed by atoms with Gasteiger partial charge >= 0.3 is 18.1 Å². The minimum Gasteiger partial charge on any atom is -0.480 e. The summed E-state index contributed by atoms with van der Waals surface area (Å²) >= 11 is 0. The van der Waals surface area contributed by atoms with E-state index >= 15 is 0 Å². The fraction of sp³-hybridized carbons (Fsp3) is 0.333.